The topological polar surface area (TPSA) is 56.1 Å². The first-order valence-corrected chi connectivity index (χ1v) is 9.03. The molecule has 0 saturated heterocycles. The summed E-state index contributed by atoms with van der Waals surface area (Å²) in [4.78, 5) is 5.01. The van der Waals surface area contributed by atoms with Crippen molar-refractivity contribution in [2.24, 2.45) is 4.99 Å². The predicted molar refractivity (Wildman–Crippen MR) is 107 cm³/mol. The second kappa shape index (κ2) is 9.43. The molecule has 2 N–H and O–H groups in total. The summed E-state index contributed by atoms with van der Waals surface area (Å²) in [6, 6.07) is 2.75. The fraction of sp³-hybridized carbons (Fsp3) is 0.476. The van der Waals surface area contributed by atoms with Crippen molar-refractivity contribution in [2.75, 3.05) is 13.1 Å². The third-order valence-corrected chi connectivity index (χ3v) is 4.64. The Balaban J connectivity index is 3.28. The first-order chi connectivity index (χ1) is 13.3. The lowest BCUT2D eigenvalue weighted by atomic mass is 9.74. The van der Waals surface area contributed by atoms with Crippen LogP contribution in [0.5, 0.6) is 5.75 Å². The highest BCUT2D eigenvalue weighted by molar-refractivity contribution is 5.38. The Labute approximate surface area is 168 Å². The van der Waals surface area contributed by atoms with Crippen molar-refractivity contribution in [3.63, 3.8) is 0 Å². The molecule has 1 aromatic carbocycles. The van der Waals surface area contributed by atoms with E-state index in [0.717, 1.165) is 18.2 Å². The first kappa shape index (κ1) is 24.7. The SMILES string of the molecule is C=CCN(/C=C\C(C)N=C)CC(O)(CC(C)(C)c1cc(F)ccc1O)C(F)(F)F. The molecule has 0 aliphatic heterocycles. The summed E-state index contributed by atoms with van der Waals surface area (Å²) < 4.78 is 55.3. The smallest absolute Gasteiger partial charge is 0.418 e. The molecule has 1 rings (SSSR count). The van der Waals surface area contributed by atoms with Gasteiger partial charge in [-0.05, 0) is 56.0 Å². The molecule has 8 heteroatoms. The summed E-state index contributed by atoms with van der Waals surface area (Å²) in [7, 11) is 0. The molecule has 0 saturated carbocycles. The second-order valence-electron chi connectivity index (χ2n) is 7.73. The molecular weight excluding hydrogens is 388 g/mol. The molecule has 2 atom stereocenters. The average molecular weight is 416 g/mol. The van der Waals surface area contributed by atoms with E-state index in [1.54, 1.807) is 13.0 Å². The number of phenols is 1. The van der Waals surface area contributed by atoms with Crippen LogP contribution in [0.4, 0.5) is 17.6 Å². The lowest BCUT2D eigenvalue weighted by Crippen LogP contribution is -2.55. The molecule has 0 heterocycles. The van der Waals surface area contributed by atoms with Crippen molar-refractivity contribution in [3.8, 4) is 5.75 Å². The monoisotopic (exact) mass is 416 g/mol. The number of aliphatic imine (C=N–C) groups is 1. The second-order valence-corrected chi connectivity index (χ2v) is 7.73. The van der Waals surface area contributed by atoms with E-state index < -0.39 is 36.0 Å². The van der Waals surface area contributed by atoms with Gasteiger partial charge in [-0.15, -0.1) is 6.58 Å². The minimum Gasteiger partial charge on any atom is -0.508 e. The number of aromatic hydroxyl groups is 1. The fourth-order valence-corrected chi connectivity index (χ4v) is 3.11. The lowest BCUT2D eigenvalue weighted by Gasteiger charge is -2.40. The van der Waals surface area contributed by atoms with Crippen LogP contribution in [0.2, 0.25) is 0 Å². The average Bonchev–Trinajstić information content (AvgIpc) is 2.60. The summed E-state index contributed by atoms with van der Waals surface area (Å²) in [5.41, 5.74) is -4.53. The molecule has 29 heavy (non-hydrogen) atoms. The summed E-state index contributed by atoms with van der Waals surface area (Å²) in [6.07, 6.45) is -1.39. The predicted octanol–water partition coefficient (Wildman–Crippen LogP) is 4.58. The molecule has 0 aliphatic carbocycles. The van der Waals surface area contributed by atoms with Crippen LogP contribution in [-0.4, -0.2) is 52.7 Å². The Morgan fingerprint density at radius 3 is 2.41 bits per heavy atom. The highest BCUT2D eigenvalue weighted by atomic mass is 19.4. The van der Waals surface area contributed by atoms with E-state index in [1.807, 2.05) is 0 Å². The fourth-order valence-electron chi connectivity index (χ4n) is 3.11. The number of benzene rings is 1. The third kappa shape index (κ3) is 6.59. The molecule has 0 aromatic heterocycles. The zero-order valence-electron chi connectivity index (χ0n) is 16.9. The van der Waals surface area contributed by atoms with Crippen molar-refractivity contribution in [1.29, 1.82) is 0 Å². The van der Waals surface area contributed by atoms with E-state index in [9.17, 15) is 27.8 Å². The van der Waals surface area contributed by atoms with Crippen LogP contribution in [-0.2, 0) is 5.41 Å². The number of hydrogen-bond acceptors (Lipinski definition) is 4. The van der Waals surface area contributed by atoms with Gasteiger partial charge in [0.2, 0.25) is 0 Å². The Morgan fingerprint density at radius 1 is 1.28 bits per heavy atom. The first-order valence-electron chi connectivity index (χ1n) is 9.03. The largest absolute Gasteiger partial charge is 0.508 e. The Hall–Kier alpha value is -2.35. The van der Waals surface area contributed by atoms with Crippen LogP contribution in [0.3, 0.4) is 0 Å². The van der Waals surface area contributed by atoms with Gasteiger partial charge in [-0.2, -0.15) is 13.2 Å². The van der Waals surface area contributed by atoms with Gasteiger partial charge in [0.15, 0.2) is 5.60 Å². The molecule has 162 valence electrons. The van der Waals surface area contributed by atoms with Gasteiger partial charge in [-0.25, -0.2) is 4.39 Å². The van der Waals surface area contributed by atoms with E-state index >= 15 is 0 Å². The number of alkyl halides is 3. The zero-order chi connectivity index (χ0) is 22.5. The van der Waals surface area contributed by atoms with Crippen molar-refractivity contribution in [1.82, 2.24) is 4.90 Å². The van der Waals surface area contributed by atoms with Crippen molar-refractivity contribution in [3.05, 3.63) is 54.5 Å². The Kier molecular flexibility index (Phi) is 8.03. The van der Waals surface area contributed by atoms with Gasteiger partial charge in [0.25, 0.3) is 0 Å². The third-order valence-electron chi connectivity index (χ3n) is 4.64. The highest BCUT2D eigenvalue weighted by Gasteiger charge is 2.56. The van der Waals surface area contributed by atoms with Crippen LogP contribution in [0.1, 0.15) is 32.8 Å². The van der Waals surface area contributed by atoms with Crippen LogP contribution in [0.25, 0.3) is 0 Å². The number of nitrogens with zero attached hydrogens (tertiary/aromatic N) is 2. The Bertz CT molecular complexity index is 747. The molecule has 4 nitrogen and oxygen atoms in total. The maximum Gasteiger partial charge on any atom is 0.418 e. The number of aliphatic hydroxyl groups is 1. The van der Waals surface area contributed by atoms with E-state index in [1.165, 1.54) is 31.0 Å². The van der Waals surface area contributed by atoms with E-state index in [-0.39, 0.29) is 23.9 Å². The molecule has 0 amide bonds. The number of rotatable bonds is 10. The molecule has 0 spiro atoms. The van der Waals surface area contributed by atoms with Crippen LogP contribution in [0.15, 0.2) is 48.1 Å². The summed E-state index contributed by atoms with van der Waals surface area (Å²) in [5.74, 6) is -1.03. The Morgan fingerprint density at radius 2 is 1.90 bits per heavy atom. The van der Waals surface area contributed by atoms with E-state index in [4.69, 9.17) is 0 Å². The maximum absolute atomic E-state index is 13.9. The lowest BCUT2D eigenvalue weighted by molar-refractivity contribution is -0.269. The molecular formula is C21H28F4N2O2. The van der Waals surface area contributed by atoms with Gasteiger partial charge in [-0.1, -0.05) is 19.9 Å². The van der Waals surface area contributed by atoms with Gasteiger partial charge < -0.3 is 15.1 Å². The highest BCUT2D eigenvalue weighted by Crippen LogP contribution is 2.43. The van der Waals surface area contributed by atoms with Crippen LogP contribution in [0, 0.1) is 5.82 Å². The number of halogens is 4. The maximum atomic E-state index is 13.9. The zero-order valence-corrected chi connectivity index (χ0v) is 16.9. The van der Waals surface area contributed by atoms with E-state index in [0.29, 0.717) is 0 Å². The van der Waals surface area contributed by atoms with Gasteiger partial charge in [0.05, 0.1) is 12.6 Å². The van der Waals surface area contributed by atoms with Gasteiger partial charge in [0, 0.05) is 12.1 Å². The number of phenolic OH excluding ortho intramolecular Hbond substituents is 1. The van der Waals surface area contributed by atoms with Gasteiger partial charge in [0.1, 0.15) is 11.6 Å². The van der Waals surface area contributed by atoms with Crippen LogP contribution < -0.4 is 0 Å². The minimum absolute atomic E-state index is 0.0181. The summed E-state index contributed by atoms with van der Waals surface area (Å²) in [6.45, 7) is 10.7. The molecule has 0 radical (unpaired) electrons. The minimum atomic E-state index is -4.97. The quantitative estimate of drug-likeness (QED) is 0.333. The van der Waals surface area contributed by atoms with Crippen molar-refractivity contribution < 1.29 is 27.8 Å². The molecule has 1 aromatic rings. The molecule has 2 unspecified atom stereocenters. The summed E-state index contributed by atoms with van der Waals surface area (Å²) >= 11 is 0. The van der Waals surface area contributed by atoms with E-state index in [2.05, 4.69) is 18.3 Å². The normalized spacial score (nSPS) is 15.7. The molecule has 0 fully saturated rings. The van der Waals surface area contributed by atoms with Gasteiger partial charge >= 0.3 is 6.18 Å². The van der Waals surface area contributed by atoms with Gasteiger partial charge in [-0.3, -0.25) is 4.99 Å². The van der Waals surface area contributed by atoms with Crippen molar-refractivity contribution in [2.45, 2.75) is 50.4 Å². The molecule has 0 aliphatic rings. The summed E-state index contributed by atoms with van der Waals surface area (Å²) in [5, 5.41) is 20.7. The van der Waals surface area contributed by atoms with Crippen molar-refractivity contribution >= 4 is 6.72 Å². The molecule has 0 bridgehead atoms. The van der Waals surface area contributed by atoms with Crippen LogP contribution >= 0.6 is 0 Å². The standard InChI is InChI=1S/C21H28F4N2O2/c1-6-10-27(11-9-15(2)26-5)14-20(29,21(23,24)25)13-19(3,4)17-12-16(22)7-8-18(17)28/h6-9,11-12,15,28-29H,1,5,10,13-14H2,2-4H3/b11-9-. The number of hydrogen-bond donors (Lipinski definition) is 2.